The molecule has 0 aliphatic rings. The quantitative estimate of drug-likeness (QED) is 0.307. The minimum atomic E-state index is -0.480. The fourth-order valence-electron chi connectivity index (χ4n) is 3.76. The number of carbonyl (C=O) groups is 1. The Morgan fingerprint density at radius 1 is 0.816 bits per heavy atom. The van der Waals surface area contributed by atoms with E-state index in [1.54, 1.807) is 7.11 Å². The lowest BCUT2D eigenvalue weighted by Gasteiger charge is -2.20. The normalized spacial score (nSPS) is 11.4. The third-order valence-electron chi connectivity index (χ3n) is 5.93. The third kappa shape index (κ3) is 9.52. The van der Waals surface area contributed by atoms with Crippen LogP contribution in [0.4, 0.5) is 16.2 Å². The van der Waals surface area contributed by atoms with Gasteiger partial charge in [-0.3, -0.25) is 0 Å². The highest BCUT2D eigenvalue weighted by Crippen LogP contribution is 2.21. The Morgan fingerprint density at radius 2 is 1.53 bits per heavy atom. The SMILES string of the molecule is COc1cccc(CC(COc2cccc(N(C)C)c2)OCCOC(=O)NCc2ccc(N(C)C)cc2)c1. The molecule has 0 aromatic heterocycles. The third-order valence-corrected chi connectivity index (χ3v) is 5.93. The molecule has 38 heavy (non-hydrogen) atoms. The van der Waals surface area contributed by atoms with Crippen molar-refractivity contribution < 1.29 is 23.7 Å². The predicted molar refractivity (Wildman–Crippen MR) is 152 cm³/mol. The number of rotatable bonds is 14. The summed E-state index contributed by atoms with van der Waals surface area (Å²) < 4.78 is 22.8. The van der Waals surface area contributed by atoms with E-state index in [0.717, 1.165) is 34.0 Å². The Kier molecular flexibility index (Phi) is 11.1. The average Bonchev–Trinajstić information content (AvgIpc) is 2.93. The van der Waals surface area contributed by atoms with Crippen molar-refractivity contribution in [2.45, 2.75) is 19.1 Å². The highest BCUT2D eigenvalue weighted by atomic mass is 16.6. The summed E-state index contributed by atoms with van der Waals surface area (Å²) in [5, 5.41) is 2.78. The second-order valence-electron chi connectivity index (χ2n) is 9.30. The van der Waals surface area contributed by atoms with Crippen molar-refractivity contribution in [3.63, 3.8) is 0 Å². The summed E-state index contributed by atoms with van der Waals surface area (Å²) in [5.74, 6) is 1.56. The Bertz CT molecular complexity index is 1130. The van der Waals surface area contributed by atoms with Crippen LogP contribution in [0.1, 0.15) is 11.1 Å². The van der Waals surface area contributed by atoms with E-state index in [4.69, 9.17) is 18.9 Å². The van der Waals surface area contributed by atoms with Gasteiger partial charge >= 0.3 is 6.09 Å². The van der Waals surface area contributed by atoms with E-state index in [9.17, 15) is 4.79 Å². The van der Waals surface area contributed by atoms with Gasteiger partial charge in [-0.1, -0.05) is 30.3 Å². The smallest absolute Gasteiger partial charge is 0.407 e. The largest absolute Gasteiger partial charge is 0.497 e. The molecule has 3 aromatic rings. The number of hydrogen-bond acceptors (Lipinski definition) is 7. The van der Waals surface area contributed by atoms with Gasteiger partial charge in [-0.15, -0.1) is 0 Å². The molecular weight excluding hydrogens is 482 g/mol. The molecule has 3 aromatic carbocycles. The van der Waals surface area contributed by atoms with Crippen LogP contribution in [0.2, 0.25) is 0 Å². The fourth-order valence-corrected chi connectivity index (χ4v) is 3.76. The van der Waals surface area contributed by atoms with E-state index in [1.165, 1.54) is 0 Å². The topological polar surface area (TPSA) is 72.5 Å². The molecule has 0 aliphatic carbocycles. The van der Waals surface area contributed by atoms with Gasteiger partial charge in [-0.2, -0.15) is 0 Å². The lowest BCUT2D eigenvalue weighted by Crippen LogP contribution is -2.28. The molecular formula is C30H39N3O5. The second kappa shape index (κ2) is 14.7. The van der Waals surface area contributed by atoms with Crippen molar-refractivity contribution in [3.8, 4) is 11.5 Å². The lowest BCUT2D eigenvalue weighted by atomic mass is 10.1. The van der Waals surface area contributed by atoms with Crippen molar-refractivity contribution in [3.05, 3.63) is 83.9 Å². The summed E-state index contributed by atoms with van der Waals surface area (Å²) in [5.41, 5.74) is 4.23. The van der Waals surface area contributed by atoms with E-state index in [2.05, 4.69) is 5.32 Å². The summed E-state index contributed by atoms with van der Waals surface area (Å²) in [6.45, 7) is 1.13. The van der Waals surface area contributed by atoms with Gasteiger partial charge in [0.25, 0.3) is 0 Å². The highest BCUT2D eigenvalue weighted by molar-refractivity contribution is 5.67. The summed E-state index contributed by atoms with van der Waals surface area (Å²) in [6.07, 6.45) is -0.0990. The Morgan fingerprint density at radius 3 is 2.24 bits per heavy atom. The predicted octanol–water partition coefficient (Wildman–Crippen LogP) is 4.76. The van der Waals surface area contributed by atoms with E-state index in [0.29, 0.717) is 19.6 Å². The number of carbonyl (C=O) groups excluding carboxylic acids is 1. The lowest BCUT2D eigenvalue weighted by molar-refractivity contribution is -0.000917. The molecule has 3 rings (SSSR count). The zero-order valence-corrected chi connectivity index (χ0v) is 23.0. The number of anilines is 2. The monoisotopic (exact) mass is 521 g/mol. The first kappa shape index (κ1) is 28.7. The van der Waals surface area contributed by atoms with Crippen LogP contribution in [-0.2, 0) is 22.4 Å². The van der Waals surface area contributed by atoms with Crippen LogP contribution in [0.5, 0.6) is 11.5 Å². The number of hydrogen-bond donors (Lipinski definition) is 1. The molecule has 1 unspecified atom stereocenters. The van der Waals surface area contributed by atoms with Gasteiger partial charge in [-0.25, -0.2) is 4.79 Å². The molecule has 0 saturated carbocycles. The number of nitrogens with one attached hydrogen (secondary N) is 1. The fraction of sp³-hybridized carbons (Fsp3) is 0.367. The van der Waals surface area contributed by atoms with Crippen molar-refractivity contribution in [1.29, 1.82) is 0 Å². The number of methoxy groups -OCH3 is 1. The second-order valence-corrected chi connectivity index (χ2v) is 9.30. The van der Waals surface area contributed by atoms with Gasteiger partial charge in [0, 0.05) is 58.6 Å². The molecule has 0 spiro atoms. The number of amides is 1. The first-order valence-corrected chi connectivity index (χ1v) is 12.7. The molecule has 8 heteroatoms. The standard InChI is InChI=1S/C30H39N3O5/c1-32(2)25-14-12-23(13-15-25)21-31-30(34)37-17-16-36-29(19-24-8-6-10-27(18-24)35-5)22-38-28-11-7-9-26(20-28)33(3)4/h6-15,18,20,29H,16-17,19,21-22H2,1-5H3,(H,31,34). The van der Waals surface area contributed by atoms with Gasteiger partial charge in [0.1, 0.15) is 24.7 Å². The molecule has 0 radical (unpaired) electrons. The van der Waals surface area contributed by atoms with Crippen LogP contribution in [0.15, 0.2) is 72.8 Å². The molecule has 204 valence electrons. The maximum Gasteiger partial charge on any atom is 0.407 e. The molecule has 1 N–H and O–H groups in total. The average molecular weight is 522 g/mol. The van der Waals surface area contributed by atoms with Gasteiger partial charge in [0.15, 0.2) is 0 Å². The molecule has 0 aliphatic heterocycles. The number of ether oxygens (including phenoxy) is 4. The minimum absolute atomic E-state index is 0.135. The van der Waals surface area contributed by atoms with Gasteiger partial charge in [0.05, 0.1) is 19.8 Å². The van der Waals surface area contributed by atoms with Crippen molar-refractivity contribution in [2.24, 2.45) is 0 Å². The van der Waals surface area contributed by atoms with E-state index in [1.807, 2.05) is 111 Å². The van der Waals surface area contributed by atoms with Gasteiger partial charge in [0.2, 0.25) is 0 Å². The molecule has 0 fully saturated rings. The summed E-state index contributed by atoms with van der Waals surface area (Å²) >= 11 is 0. The minimum Gasteiger partial charge on any atom is -0.497 e. The molecule has 0 bridgehead atoms. The van der Waals surface area contributed by atoms with Crippen LogP contribution in [0, 0.1) is 0 Å². The maximum atomic E-state index is 12.2. The first-order chi connectivity index (χ1) is 18.3. The zero-order chi connectivity index (χ0) is 27.3. The highest BCUT2D eigenvalue weighted by Gasteiger charge is 2.14. The van der Waals surface area contributed by atoms with Crippen LogP contribution in [0.3, 0.4) is 0 Å². The Balaban J connectivity index is 1.49. The van der Waals surface area contributed by atoms with E-state index in [-0.39, 0.29) is 19.3 Å². The number of alkyl carbamates (subject to hydrolysis) is 1. The molecule has 1 atom stereocenters. The van der Waals surface area contributed by atoms with E-state index >= 15 is 0 Å². The summed E-state index contributed by atoms with van der Waals surface area (Å²) in [4.78, 5) is 16.2. The van der Waals surface area contributed by atoms with Gasteiger partial charge in [-0.05, 0) is 47.5 Å². The zero-order valence-electron chi connectivity index (χ0n) is 23.0. The van der Waals surface area contributed by atoms with Crippen molar-refractivity contribution in [2.75, 3.05) is 64.9 Å². The van der Waals surface area contributed by atoms with Crippen LogP contribution in [0.25, 0.3) is 0 Å². The Labute approximate surface area is 226 Å². The van der Waals surface area contributed by atoms with Gasteiger partial charge < -0.3 is 34.1 Å². The first-order valence-electron chi connectivity index (χ1n) is 12.7. The summed E-state index contributed by atoms with van der Waals surface area (Å²) in [6, 6.07) is 23.8. The number of nitrogens with zero attached hydrogens (tertiary/aromatic N) is 2. The molecule has 1 amide bonds. The molecule has 0 saturated heterocycles. The van der Waals surface area contributed by atoms with Crippen molar-refractivity contribution >= 4 is 17.5 Å². The van der Waals surface area contributed by atoms with Crippen molar-refractivity contribution in [1.82, 2.24) is 5.32 Å². The molecule has 0 heterocycles. The molecule has 8 nitrogen and oxygen atoms in total. The van der Waals surface area contributed by atoms with Crippen LogP contribution in [-0.4, -0.2) is 67.3 Å². The van der Waals surface area contributed by atoms with E-state index < -0.39 is 6.09 Å². The maximum absolute atomic E-state index is 12.2. The van der Waals surface area contributed by atoms with Crippen LogP contribution >= 0.6 is 0 Å². The Hall–Kier alpha value is -3.91. The van der Waals surface area contributed by atoms with Crippen LogP contribution < -0.4 is 24.6 Å². The number of benzene rings is 3. The summed E-state index contributed by atoms with van der Waals surface area (Å²) in [7, 11) is 9.61.